The van der Waals surface area contributed by atoms with Crippen molar-refractivity contribution >= 4 is 21.8 Å². The Morgan fingerprint density at radius 3 is 2.57 bits per heavy atom. The molecule has 5 heteroatoms. The Hall–Kier alpha value is -1.23. The fourth-order valence-electron chi connectivity index (χ4n) is 1.30. The highest BCUT2D eigenvalue weighted by Crippen LogP contribution is 2.39. The zero-order chi connectivity index (χ0) is 10.1. The Labute approximate surface area is 89.1 Å². The predicted octanol–water partition coefficient (Wildman–Crippen LogP) is 1.32. The van der Waals surface area contributed by atoms with Crippen LogP contribution in [0.2, 0.25) is 0 Å². The van der Waals surface area contributed by atoms with Gasteiger partial charge in [-0.1, -0.05) is 0 Å². The van der Waals surface area contributed by atoms with Crippen LogP contribution in [0, 0.1) is 0 Å². The van der Waals surface area contributed by atoms with Crippen LogP contribution in [0.5, 0.6) is 11.5 Å². The van der Waals surface area contributed by atoms with Gasteiger partial charge in [-0.05, 0) is 28.1 Å². The molecule has 2 N–H and O–H groups in total. The summed E-state index contributed by atoms with van der Waals surface area (Å²) in [4.78, 5) is 11.1. The van der Waals surface area contributed by atoms with E-state index in [0.717, 1.165) is 4.47 Å². The molecule has 1 amide bonds. The third kappa shape index (κ3) is 1.43. The van der Waals surface area contributed by atoms with Gasteiger partial charge >= 0.3 is 0 Å². The van der Waals surface area contributed by atoms with Gasteiger partial charge in [0.25, 0.3) is 5.91 Å². The molecule has 2 rings (SSSR count). The van der Waals surface area contributed by atoms with Crippen LogP contribution in [-0.4, -0.2) is 19.1 Å². The summed E-state index contributed by atoms with van der Waals surface area (Å²) >= 11 is 3.31. The van der Waals surface area contributed by atoms with Gasteiger partial charge in [0, 0.05) is 0 Å². The van der Waals surface area contributed by atoms with Gasteiger partial charge in [-0.2, -0.15) is 0 Å². The number of ether oxygens (including phenoxy) is 2. The lowest BCUT2D eigenvalue weighted by Gasteiger charge is -2.21. The van der Waals surface area contributed by atoms with Crippen molar-refractivity contribution in [3.05, 3.63) is 22.2 Å². The molecule has 0 unspecified atom stereocenters. The van der Waals surface area contributed by atoms with Crippen LogP contribution in [-0.2, 0) is 0 Å². The number of primary amides is 1. The average Bonchev–Trinajstić information content (AvgIpc) is 2.18. The van der Waals surface area contributed by atoms with Crippen molar-refractivity contribution in [2.24, 2.45) is 5.73 Å². The SMILES string of the molecule is NC(=O)c1ccc(Br)c2c1OCCO2. The fraction of sp³-hybridized carbons (Fsp3) is 0.222. The molecule has 1 aromatic rings. The van der Waals surface area contributed by atoms with Crippen molar-refractivity contribution in [3.8, 4) is 11.5 Å². The lowest BCUT2D eigenvalue weighted by molar-refractivity contribution is 0.0989. The van der Waals surface area contributed by atoms with E-state index in [1.54, 1.807) is 12.1 Å². The largest absolute Gasteiger partial charge is 0.485 e. The molecule has 0 saturated carbocycles. The Balaban J connectivity index is 2.59. The summed E-state index contributed by atoms with van der Waals surface area (Å²) in [5, 5.41) is 0. The molecule has 0 saturated heterocycles. The highest BCUT2D eigenvalue weighted by molar-refractivity contribution is 9.10. The second kappa shape index (κ2) is 3.49. The zero-order valence-corrected chi connectivity index (χ0v) is 8.83. The number of rotatable bonds is 1. The monoisotopic (exact) mass is 257 g/mol. The van der Waals surface area contributed by atoms with E-state index in [0.29, 0.717) is 30.3 Å². The van der Waals surface area contributed by atoms with Crippen LogP contribution in [0.3, 0.4) is 0 Å². The molecule has 0 aliphatic carbocycles. The van der Waals surface area contributed by atoms with E-state index < -0.39 is 5.91 Å². The number of hydrogen-bond donors (Lipinski definition) is 1. The van der Waals surface area contributed by atoms with E-state index in [9.17, 15) is 4.79 Å². The van der Waals surface area contributed by atoms with Crippen LogP contribution >= 0.6 is 15.9 Å². The van der Waals surface area contributed by atoms with Gasteiger partial charge in [-0.15, -0.1) is 0 Å². The molecular weight excluding hydrogens is 250 g/mol. The number of carbonyl (C=O) groups is 1. The smallest absolute Gasteiger partial charge is 0.252 e. The van der Waals surface area contributed by atoms with E-state index >= 15 is 0 Å². The van der Waals surface area contributed by atoms with Crippen LogP contribution in [0.4, 0.5) is 0 Å². The summed E-state index contributed by atoms with van der Waals surface area (Å²) in [5.41, 5.74) is 5.55. The first kappa shape index (κ1) is 9.33. The van der Waals surface area contributed by atoms with E-state index in [2.05, 4.69) is 15.9 Å². The van der Waals surface area contributed by atoms with Gasteiger partial charge in [0.1, 0.15) is 13.2 Å². The fourth-order valence-corrected chi connectivity index (χ4v) is 1.72. The van der Waals surface area contributed by atoms with Crippen molar-refractivity contribution in [3.63, 3.8) is 0 Å². The minimum atomic E-state index is -0.515. The van der Waals surface area contributed by atoms with Gasteiger partial charge in [-0.3, -0.25) is 4.79 Å². The summed E-state index contributed by atoms with van der Waals surface area (Å²) in [5.74, 6) is 0.463. The van der Waals surface area contributed by atoms with E-state index in [1.165, 1.54) is 0 Å². The number of carbonyl (C=O) groups excluding carboxylic acids is 1. The summed E-state index contributed by atoms with van der Waals surface area (Å²) < 4.78 is 11.5. The summed E-state index contributed by atoms with van der Waals surface area (Å²) in [7, 11) is 0. The third-order valence-electron chi connectivity index (χ3n) is 1.91. The topological polar surface area (TPSA) is 61.6 Å². The van der Waals surface area contributed by atoms with Crippen molar-refractivity contribution in [1.82, 2.24) is 0 Å². The highest BCUT2D eigenvalue weighted by atomic mass is 79.9. The zero-order valence-electron chi connectivity index (χ0n) is 7.25. The maximum absolute atomic E-state index is 11.1. The van der Waals surface area contributed by atoms with Gasteiger partial charge in [0.05, 0.1) is 10.0 Å². The van der Waals surface area contributed by atoms with E-state index in [4.69, 9.17) is 15.2 Å². The molecule has 1 heterocycles. The quantitative estimate of drug-likeness (QED) is 0.826. The Bertz CT molecular complexity index is 392. The number of nitrogens with two attached hydrogens (primary N) is 1. The van der Waals surface area contributed by atoms with Gasteiger partial charge < -0.3 is 15.2 Å². The summed E-state index contributed by atoms with van der Waals surface area (Å²) in [6, 6.07) is 3.33. The molecule has 0 bridgehead atoms. The lowest BCUT2D eigenvalue weighted by Crippen LogP contribution is -2.20. The Morgan fingerprint density at radius 2 is 1.93 bits per heavy atom. The molecule has 74 valence electrons. The van der Waals surface area contributed by atoms with E-state index in [-0.39, 0.29) is 0 Å². The minimum Gasteiger partial charge on any atom is -0.485 e. The molecule has 0 aromatic heterocycles. The predicted molar refractivity (Wildman–Crippen MR) is 53.6 cm³/mol. The molecule has 4 nitrogen and oxygen atoms in total. The molecule has 1 aliphatic rings. The maximum Gasteiger partial charge on any atom is 0.252 e. The maximum atomic E-state index is 11.1. The molecule has 14 heavy (non-hydrogen) atoms. The first-order valence-electron chi connectivity index (χ1n) is 4.08. The molecule has 0 radical (unpaired) electrons. The summed E-state index contributed by atoms with van der Waals surface area (Å²) in [6.45, 7) is 0.914. The van der Waals surface area contributed by atoms with Crippen molar-refractivity contribution in [2.45, 2.75) is 0 Å². The molecule has 0 fully saturated rings. The van der Waals surface area contributed by atoms with E-state index in [1.807, 2.05) is 0 Å². The van der Waals surface area contributed by atoms with Gasteiger partial charge in [0.2, 0.25) is 0 Å². The first-order chi connectivity index (χ1) is 6.70. The van der Waals surface area contributed by atoms with Crippen LogP contribution in [0.1, 0.15) is 10.4 Å². The molecule has 0 atom stereocenters. The summed E-state index contributed by atoms with van der Waals surface area (Å²) in [6.07, 6.45) is 0. The molecule has 0 spiro atoms. The molecule has 1 aliphatic heterocycles. The van der Waals surface area contributed by atoms with Crippen molar-refractivity contribution < 1.29 is 14.3 Å². The lowest BCUT2D eigenvalue weighted by atomic mass is 10.1. The number of hydrogen-bond acceptors (Lipinski definition) is 3. The Morgan fingerprint density at radius 1 is 1.29 bits per heavy atom. The first-order valence-corrected chi connectivity index (χ1v) is 4.87. The average molecular weight is 258 g/mol. The Kier molecular flexibility index (Phi) is 2.33. The van der Waals surface area contributed by atoms with Crippen molar-refractivity contribution in [1.29, 1.82) is 0 Å². The standard InChI is InChI=1S/C9H8BrNO3/c10-6-2-1-5(9(11)12)7-8(6)14-4-3-13-7/h1-2H,3-4H2,(H2,11,12). The number of fused-ring (bicyclic) bond motifs is 1. The highest BCUT2D eigenvalue weighted by Gasteiger charge is 2.21. The minimum absolute atomic E-state index is 0.350. The number of benzene rings is 1. The van der Waals surface area contributed by atoms with Gasteiger partial charge in [0.15, 0.2) is 11.5 Å². The normalized spacial score (nSPS) is 13.8. The van der Waals surface area contributed by atoms with Crippen molar-refractivity contribution in [2.75, 3.05) is 13.2 Å². The second-order valence-corrected chi connectivity index (χ2v) is 3.67. The number of halogens is 1. The number of amides is 1. The van der Waals surface area contributed by atoms with Crippen LogP contribution < -0.4 is 15.2 Å². The van der Waals surface area contributed by atoms with Crippen LogP contribution in [0.15, 0.2) is 16.6 Å². The third-order valence-corrected chi connectivity index (χ3v) is 2.53. The second-order valence-electron chi connectivity index (χ2n) is 2.81. The molecular formula is C9H8BrNO3. The van der Waals surface area contributed by atoms with Crippen LogP contribution in [0.25, 0.3) is 0 Å². The molecule has 1 aromatic carbocycles. The van der Waals surface area contributed by atoms with Gasteiger partial charge in [-0.25, -0.2) is 0 Å².